The molecular weight excluding hydrogens is 138 g/mol. The van der Waals surface area contributed by atoms with Crippen molar-refractivity contribution >= 4 is 0 Å². The van der Waals surface area contributed by atoms with Crippen molar-refractivity contribution in [3.63, 3.8) is 0 Å². The third-order valence-corrected chi connectivity index (χ3v) is 0.949. The van der Waals surface area contributed by atoms with Crippen molar-refractivity contribution in [3.8, 4) is 0 Å². The molecule has 0 atom stereocenters. The van der Waals surface area contributed by atoms with E-state index in [0.29, 0.717) is 0 Å². The Bertz CT molecular complexity index is 61.5. The van der Waals surface area contributed by atoms with E-state index in [0.717, 1.165) is 4.48 Å². The number of rotatable bonds is 1. The summed E-state index contributed by atoms with van der Waals surface area (Å²) in [6.45, 7) is 3.39. The molecule has 11 heavy (non-hydrogen) atoms. The highest BCUT2D eigenvalue weighted by molar-refractivity contribution is 4.09. The molecule has 0 aliphatic carbocycles. The van der Waals surface area contributed by atoms with Crippen molar-refractivity contribution in [2.45, 2.75) is 6.92 Å². The molecular formula is C8H26N3+. The fraction of sp³-hybridized carbons (Fsp3) is 1.00. The highest BCUT2D eigenvalue weighted by Crippen LogP contribution is 1.83. The number of quaternary nitrogens is 1. The first-order chi connectivity index (χ1) is 4.29. The number of hydrogen-bond donors (Lipinski definition) is 1. The maximum absolute atomic E-state index is 2.18. The molecule has 0 saturated carbocycles. The van der Waals surface area contributed by atoms with Gasteiger partial charge in [0.05, 0.1) is 27.7 Å². The Morgan fingerprint density at radius 2 is 1.09 bits per heavy atom. The molecule has 0 rings (SSSR count). The van der Waals surface area contributed by atoms with E-state index in [2.05, 4.69) is 28.1 Å². The first-order valence-corrected chi connectivity index (χ1v) is 3.71. The number of hydrogen-bond acceptors (Lipinski definition) is 2. The molecule has 3 heteroatoms. The molecule has 0 amide bonds. The van der Waals surface area contributed by atoms with Crippen molar-refractivity contribution in [1.29, 1.82) is 0 Å². The van der Waals surface area contributed by atoms with Crippen molar-refractivity contribution < 1.29 is 4.48 Å². The summed E-state index contributed by atoms with van der Waals surface area (Å²) in [5.41, 5.74) is 0. The van der Waals surface area contributed by atoms with Crippen LogP contribution in [0.5, 0.6) is 0 Å². The zero-order valence-electron chi connectivity index (χ0n) is 9.31. The second-order valence-corrected chi connectivity index (χ2v) is 3.95. The summed E-state index contributed by atoms with van der Waals surface area (Å²) < 4.78 is 1.07. The lowest BCUT2D eigenvalue weighted by molar-refractivity contribution is -0.868. The standard InChI is InChI=1S/C5H14N.C3H9N.H3N/c1-5-6(2,3)4;1-4(2)3;/h5H2,1-4H3;1-3H3;1H3/q+1;;. The fourth-order valence-electron chi connectivity index (χ4n) is 0. The quantitative estimate of drug-likeness (QED) is 0.588. The Balaban J connectivity index is -0.000000114. The molecule has 0 aromatic rings. The van der Waals surface area contributed by atoms with E-state index in [1.807, 2.05) is 26.0 Å². The molecule has 0 aliphatic heterocycles. The summed E-state index contributed by atoms with van der Waals surface area (Å²) >= 11 is 0. The van der Waals surface area contributed by atoms with E-state index < -0.39 is 0 Å². The third-order valence-electron chi connectivity index (χ3n) is 0.949. The van der Waals surface area contributed by atoms with Crippen LogP contribution in [0, 0.1) is 0 Å². The smallest absolute Gasteiger partial charge is 0.0751 e. The van der Waals surface area contributed by atoms with Gasteiger partial charge in [-0.05, 0) is 28.1 Å². The van der Waals surface area contributed by atoms with Gasteiger partial charge in [0, 0.05) is 0 Å². The molecule has 0 bridgehead atoms. The van der Waals surface area contributed by atoms with Crippen molar-refractivity contribution in [2.75, 3.05) is 48.8 Å². The molecule has 0 fully saturated rings. The molecule has 0 aliphatic rings. The van der Waals surface area contributed by atoms with Gasteiger partial charge in [0.2, 0.25) is 0 Å². The molecule has 0 spiro atoms. The predicted octanol–water partition coefficient (Wildman–Crippen LogP) is 1.05. The van der Waals surface area contributed by atoms with E-state index in [4.69, 9.17) is 0 Å². The summed E-state index contributed by atoms with van der Waals surface area (Å²) in [4.78, 5) is 2.00. The zero-order chi connectivity index (χ0) is 8.78. The van der Waals surface area contributed by atoms with Gasteiger partial charge in [-0.1, -0.05) is 0 Å². The van der Waals surface area contributed by atoms with Gasteiger partial charge >= 0.3 is 0 Å². The zero-order valence-corrected chi connectivity index (χ0v) is 9.31. The van der Waals surface area contributed by atoms with Crippen LogP contribution in [0.2, 0.25) is 0 Å². The molecule has 0 heterocycles. The fourth-order valence-corrected chi connectivity index (χ4v) is 0. The highest BCUT2D eigenvalue weighted by atomic mass is 15.3. The predicted molar refractivity (Wildman–Crippen MR) is 53.2 cm³/mol. The Hall–Kier alpha value is -0.120. The van der Waals surface area contributed by atoms with Crippen LogP contribution in [0.3, 0.4) is 0 Å². The van der Waals surface area contributed by atoms with Crippen molar-refractivity contribution in [2.24, 2.45) is 0 Å². The van der Waals surface area contributed by atoms with E-state index >= 15 is 0 Å². The molecule has 0 aromatic carbocycles. The summed E-state index contributed by atoms with van der Waals surface area (Å²) in [6.07, 6.45) is 0. The molecule has 0 unspecified atom stereocenters. The second kappa shape index (κ2) is 7.98. The summed E-state index contributed by atoms with van der Waals surface area (Å²) in [5, 5.41) is 0. The summed E-state index contributed by atoms with van der Waals surface area (Å²) in [7, 11) is 12.5. The van der Waals surface area contributed by atoms with E-state index in [9.17, 15) is 0 Å². The van der Waals surface area contributed by atoms with Gasteiger partial charge < -0.3 is 15.5 Å². The van der Waals surface area contributed by atoms with Crippen LogP contribution in [-0.2, 0) is 0 Å². The molecule has 3 N–H and O–H groups in total. The Morgan fingerprint density at radius 1 is 1.00 bits per heavy atom. The van der Waals surface area contributed by atoms with E-state index in [-0.39, 0.29) is 6.15 Å². The minimum Gasteiger partial charge on any atom is -0.344 e. The normalized spacial score (nSPS) is 9.82. The minimum absolute atomic E-state index is 0. The Morgan fingerprint density at radius 3 is 1.09 bits per heavy atom. The van der Waals surface area contributed by atoms with Crippen LogP contribution in [0.25, 0.3) is 0 Å². The summed E-state index contributed by atoms with van der Waals surface area (Å²) in [6, 6.07) is 0. The summed E-state index contributed by atoms with van der Waals surface area (Å²) in [5.74, 6) is 0. The SMILES string of the molecule is CC[N+](C)(C)C.CN(C)C.N. The largest absolute Gasteiger partial charge is 0.344 e. The average Bonchev–Trinajstić information content (AvgIpc) is 1.63. The molecule has 0 saturated heterocycles. The van der Waals surface area contributed by atoms with Crippen LogP contribution in [0.15, 0.2) is 0 Å². The maximum Gasteiger partial charge on any atom is 0.0751 e. The van der Waals surface area contributed by atoms with Gasteiger partial charge in [0.1, 0.15) is 0 Å². The first-order valence-electron chi connectivity index (χ1n) is 3.71. The van der Waals surface area contributed by atoms with Crippen molar-refractivity contribution in [3.05, 3.63) is 0 Å². The van der Waals surface area contributed by atoms with Crippen LogP contribution < -0.4 is 6.15 Å². The molecule has 0 radical (unpaired) electrons. The second-order valence-electron chi connectivity index (χ2n) is 3.95. The monoisotopic (exact) mass is 164 g/mol. The lowest BCUT2D eigenvalue weighted by Gasteiger charge is -2.20. The molecule has 0 aromatic heterocycles. The first kappa shape index (κ1) is 17.1. The minimum atomic E-state index is 0. The lowest BCUT2D eigenvalue weighted by Crippen LogP contribution is -2.33. The topological polar surface area (TPSA) is 38.2 Å². The Labute approximate surface area is 72.2 Å². The van der Waals surface area contributed by atoms with Crippen LogP contribution in [-0.4, -0.2) is 58.2 Å². The lowest BCUT2D eigenvalue weighted by atomic mass is 10.6. The molecule has 3 nitrogen and oxygen atoms in total. The van der Waals surface area contributed by atoms with Gasteiger partial charge in [0.15, 0.2) is 0 Å². The highest BCUT2D eigenvalue weighted by Gasteiger charge is 1.97. The van der Waals surface area contributed by atoms with Gasteiger partial charge in [-0.2, -0.15) is 0 Å². The van der Waals surface area contributed by atoms with E-state index in [1.165, 1.54) is 6.54 Å². The van der Waals surface area contributed by atoms with Crippen LogP contribution >= 0.6 is 0 Å². The maximum atomic E-state index is 2.18. The average molecular weight is 164 g/mol. The van der Waals surface area contributed by atoms with Gasteiger partial charge in [0.25, 0.3) is 0 Å². The van der Waals surface area contributed by atoms with Crippen molar-refractivity contribution in [1.82, 2.24) is 11.1 Å². The Kier molecular flexibility index (Phi) is 12.4. The van der Waals surface area contributed by atoms with Crippen LogP contribution in [0.4, 0.5) is 0 Å². The van der Waals surface area contributed by atoms with E-state index in [1.54, 1.807) is 0 Å². The molecule has 72 valence electrons. The van der Waals surface area contributed by atoms with Gasteiger partial charge in [-0.3, -0.25) is 0 Å². The van der Waals surface area contributed by atoms with Gasteiger partial charge in [-0.15, -0.1) is 0 Å². The third kappa shape index (κ3) is 74.0. The van der Waals surface area contributed by atoms with Crippen LogP contribution in [0.1, 0.15) is 6.92 Å². The van der Waals surface area contributed by atoms with Gasteiger partial charge in [-0.25, -0.2) is 0 Å². The number of nitrogens with zero attached hydrogens (tertiary/aromatic N) is 2.